The second-order valence-electron chi connectivity index (χ2n) is 11.5. The number of ketones is 2. The lowest BCUT2D eigenvalue weighted by molar-refractivity contribution is -0.181. The van der Waals surface area contributed by atoms with Gasteiger partial charge in [-0.2, -0.15) is 0 Å². The normalized spacial score (nSPS) is 40.7. The summed E-state index contributed by atoms with van der Waals surface area (Å²) in [6.45, 7) is 5.73. The first-order chi connectivity index (χ1) is 16.1. The van der Waals surface area contributed by atoms with Gasteiger partial charge in [0.25, 0.3) is 0 Å². The molecular formula is C28H40O6. The molecule has 6 nitrogen and oxygen atoms in total. The summed E-state index contributed by atoms with van der Waals surface area (Å²) in [6, 6.07) is 0. The van der Waals surface area contributed by atoms with Crippen LogP contribution in [0.5, 0.6) is 0 Å². The molecule has 0 aromatic carbocycles. The van der Waals surface area contributed by atoms with E-state index in [1.54, 1.807) is 12.2 Å². The molecule has 0 aromatic heterocycles. The van der Waals surface area contributed by atoms with E-state index in [1.807, 2.05) is 13.0 Å². The SMILES string of the molecule is CCCCCCC(=O)OCC(=O)C1(O)CCC2C3CCC4=CC(=O)C=CC4(C)C3C(O)CC21C. The van der Waals surface area contributed by atoms with Crippen molar-refractivity contribution in [2.75, 3.05) is 6.61 Å². The quantitative estimate of drug-likeness (QED) is 0.408. The van der Waals surface area contributed by atoms with Crippen molar-refractivity contribution in [2.24, 2.45) is 28.6 Å². The molecule has 3 fully saturated rings. The summed E-state index contributed by atoms with van der Waals surface area (Å²) in [5.74, 6) is -0.652. The fraction of sp³-hybridized carbons (Fsp3) is 0.750. The Morgan fingerprint density at radius 3 is 2.68 bits per heavy atom. The molecule has 4 rings (SSSR count). The van der Waals surface area contributed by atoms with Crippen LogP contribution in [0.15, 0.2) is 23.8 Å². The highest BCUT2D eigenvalue weighted by atomic mass is 16.5. The van der Waals surface area contributed by atoms with Crippen molar-refractivity contribution in [3.05, 3.63) is 23.8 Å². The molecule has 4 aliphatic carbocycles. The van der Waals surface area contributed by atoms with Gasteiger partial charge in [-0.1, -0.05) is 51.7 Å². The topological polar surface area (TPSA) is 101 Å². The molecule has 2 N–H and O–H groups in total. The van der Waals surface area contributed by atoms with Crippen molar-refractivity contribution in [3.63, 3.8) is 0 Å². The van der Waals surface area contributed by atoms with Gasteiger partial charge in [0, 0.05) is 23.2 Å². The van der Waals surface area contributed by atoms with Crippen molar-refractivity contribution in [1.29, 1.82) is 0 Å². The lowest BCUT2D eigenvalue weighted by Crippen LogP contribution is -2.61. The number of hydrogen-bond acceptors (Lipinski definition) is 6. The lowest BCUT2D eigenvalue weighted by Gasteiger charge is -2.59. The van der Waals surface area contributed by atoms with E-state index >= 15 is 0 Å². The van der Waals surface area contributed by atoms with Crippen molar-refractivity contribution >= 4 is 17.5 Å². The molecule has 0 aromatic rings. The van der Waals surface area contributed by atoms with E-state index in [1.165, 1.54) is 0 Å². The zero-order valence-corrected chi connectivity index (χ0v) is 20.8. The van der Waals surface area contributed by atoms with E-state index < -0.39 is 35.5 Å². The van der Waals surface area contributed by atoms with E-state index in [4.69, 9.17) is 4.74 Å². The standard InChI is InChI=1S/C28H40O6/c1-4-5-6-7-8-24(32)34-17-23(31)28(33)14-12-21-20-10-9-18-15-19(29)11-13-26(18,2)25(20)22(30)16-27(21,28)3/h11,13,15,20-22,25,30,33H,4-10,12,14,16-17H2,1-3H3. The van der Waals surface area contributed by atoms with E-state index in [0.717, 1.165) is 44.1 Å². The number of aliphatic hydroxyl groups excluding tert-OH is 1. The number of allylic oxidation sites excluding steroid dienone is 4. The van der Waals surface area contributed by atoms with Crippen molar-refractivity contribution in [2.45, 2.75) is 96.7 Å². The number of rotatable bonds is 8. The molecule has 3 saturated carbocycles. The van der Waals surface area contributed by atoms with Crippen LogP contribution in [0.1, 0.15) is 85.0 Å². The Morgan fingerprint density at radius 1 is 1.18 bits per heavy atom. The Balaban J connectivity index is 1.48. The molecule has 0 heterocycles. The van der Waals surface area contributed by atoms with Gasteiger partial charge in [0.1, 0.15) is 5.60 Å². The second-order valence-corrected chi connectivity index (χ2v) is 11.5. The van der Waals surface area contributed by atoms with Crippen molar-refractivity contribution in [3.8, 4) is 0 Å². The Kier molecular flexibility index (Phi) is 6.96. The smallest absolute Gasteiger partial charge is 0.306 e. The average Bonchev–Trinajstić information content (AvgIpc) is 3.06. The van der Waals surface area contributed by atoms with Crippen molar-refractivity contribution < 1.29 is 29.3 Å². The number of carbonyl (C=O) groups excluding carboxylic acids is 3. The van der Waals surface area contributed by atoms with Crippen LogP contribution in [0.25, 0.3) is 0 Å². The largest absolute Gasteiger partial charge is 0.458 e. The Labute approximate surface area is 202 Å². The van der Waals surface area contributed by atoms with Gasteiger partial charge >= 0.3 is 5.97 Å². The predicted molar refractivity (Wildman–Crippen MR) is 128 cm³/mol. The summed E-state index contributed by atoms with van der Waals surface area (Å²) in [4.78, 5) is 37.3. The van der Waals surface area contributed by atoms with Crippen LogP contribution in [-0.2, 0) is 19.1 Å². The minimum absolute atomic E-state index is 0.00168. The number of ether oxygens (including phenoxy) is 1. The molecule has 0 amide bonds. The first-order valence-corrected chi connectivity index (χ1v) is 13.1. The third-order valence-electron chi connectivity index (χ3n) is 9.71. The zero-order chi connectivity index (χ0) is 24.7. The van der Waals surface area contributed by atoms with Gasteiger partial charge in [0.05, 0.1) is 6.10 Å². The van der Waals surface area contributed by atoms with Gasteiger partial charge in [0.15, 0.2) is 12.4 Å². The third-order valence-corrected chi connectivity index (χ3v) is 9.71. The number of hydrogen-bond donors (Lipinski definition) is 2. The number of unbranched alkanes of at least 4 members (excludes halogenated alkanes) is 3. The van der Waals surface area contributed by atoms with Gasteiger partial charge in [-0.05, 0) is 62.5 Å². The highest BCUT2D eigenvalue weighted by molar-refractivity contribution is 6.01. The van der Waals surface area contributed by atoms with Crippen molar-refractivity contribution in [1.82, 2.24) is 0 Å². The molecule has 0 saturated heterocycles. The summed E-state index contributed by atoms with van der Waals surface area (Å²) in [6.07, 6.45) is 11.7. The molecular weight excluding hydrogens is 432 g/mol. The molecule has 6 heteroatoms. The van der Waals surface area contributed by atoms with Gasteiger partial charge in [-0.3, -0.25) is 14.4 Å². The molecule has 188 valence electrons. The summed E-state index contributed by atoms with van der Waals surface area (Å²) in [5.41, 5.74) is -1.68. The first-order valence-electron chi connectivity index (χ1n) is 13.1. The van der Waals surface area contributed by atoms with Crippen LogP contribution in [0.2, 0.25) is 0 Å². The van der Waals surface area contributed by atoms with Crippen LogP contribution < -0.4 is 0 Å². The Morgan fingerprint density at radius 2 is 1.94 bits per heavy atom. The van der Waals surface area contributed by atoms with Gasteiger partial charge in [0.2, 0.25) is 5.78 Å². The average molecular weight is 473 g/mol. The van der Waals surface area contributed by atoms with E-state index in [9.17, 15) is 24.6 Å². The molecule has 34 heavy (non-hydrogen) atoms. The number of carbonyl (C=O) groups is 3. The zero-order valence-electron chi connectivity index (χ0n) is 20.8. The number of aliphatic hydroxyl groups is 2. The van der Waals surface area contributed by atoms with E-state index in [0.29, 0.717) is 25.7 Å². The Bertz CT molecular complexity index is 905. The maximum atomic E-state index is 13.2. The summed E-state index contributed by atoms with van der Waals surface area (Å²) >= 11 is 0. The van der Waals surface area contributed by atoms with Crippen LogP contribution >= 0.6 is 0 Å². The monoisotopic (exact) mass is 472 g/mol. The third kappa shape index (κ3) is 4.01. The van der Waals surface area contributed by atoms with Crippen LogP contribution in [0.3, 0.4) is 0 Å². The maximum Gasteiger partial charge on any atom is 0.306 e. The van der Waals surface area contributed by atoms with E-state index in [2.05, 4.69) is 13.8 Å². The molecule has 0 spiro atoms. The van der Waals surface area contributed by atoms with E-state index in [-0.39, 0.29) is 29.0 Å². The predicted octanol–water partition coefficient (Wildman–Crippen LogP) is 4.08. The summed E-state index contributed by atoms with van der Waals surface area (Å²) in [7, 11) is 0. The first kappa shape index (κ1) is 25.3. The highest BCUT2D eigenvalue weighted by Gasteiger charge is 2.68. The lowest BCUT2D eigenvalue weighted by atomic mass is 9.46. The van der Waals surface area contributed by atoms with Crippen LogP contribution in [-0.4, -0.2) is 46.1 Å². The van der Waals surface area contributed by atoms with Gasteiger partial charge in [-0.25, -0.2) is 0 Å². The Hall–Kier alpha value is -1.79. The minimum Gasteiger partial charge on any atom is -0.458 e. The number of fused-ring (bicyclic) bond motifs is 5. The summed E-state index contributed by atoms with van der Waals surface area (Å²) in [5, 5.41) is 23.1. The minimum atomic E-state index is -1.61. The fourth-order valence-electron chi connectivity index (χ4n) is 7.82. The highest BCUT2D eigenvalue weighted by Crippen LogP contribution is 2.67. The van der Waals surface area contributed by atoms with Gasteiger partial charge in [-0.15, -0.1) is 0 Å². The molecule has 0 bridgehead atoms. The number of esters is 1. The maximum absolute atomic E-state index is 13.2. The van der Waals surface area contributed by atoms with Crippen LogP contribution in [0.4, 0.5) is 0 Å². The molecule has 4 aliphatic rings. The molecule has 0 radical (unpaired) electrons. The summed E-state index contributed by atoms with van der Waals surface area (Å²) < 4.78 is 5.26. The second kappa shape index (κ2) is 9.34. The number of Topliss-reactive ketones (excluding diaryl/α,β-unsaturated/α-hetero) is 1. The fourth-order valence-corrected chi connectivity index (χ4v) is 7.82. The molecule has 0 aliphatic heterocycles. The van der Waals surface area contributed by atoms with Gasteiger partial charge < -0.3 is 14.9 Å². The van der Waals surface area contributed by atoms with Crippen LogP contribution in [0, 0.1) is 28.6 Å². The molecule has 7 unspecified atom stereocenters. The molecule has 7 atom stereocenters.